The number of benzene rings is 4. The van der Waals surface area contributed by atoms with Gasteiger partial charge in [0.05, 0.1) is 6.61 Å². The first-order valence-corrected chi connectivity index (χ1v) is 14.8. The van der Waals surface area contributed by atoms with Gasteiger partial charge in [-0.3, -0.25) is 0 Å². The van der Waals surface area contributed by atoms with Crippen LogP contribution in [0.15, 0.2) is 102 Å². The summed E-state index contributed by atoms with van der Waals surface area (Å²) >= 11 is 3.59. The van der Waals surface area contributed by atoms with Gasteiger partial charge in [-0.2, -0.15) is 0 Å². The Labute approximate surface area is 239 Å². The molecule has 5 aromatic rings. The van der Waals surface area contributed by atoms with Crippen LogP contribution >= 0.6 is 15.9 Å². The van der Waals surface area contributed by atoms with Gasteiger partial charge in [-0.15, -0.1) is 0 Å². The molecule has 1 aromatic heterocycles. The van der Waals surface area contributed by atoms with Gasteiger partial charge in [-0.1, -0.05) is 64.5 Å². The number of hydrogen-bond acceptors (Lipinski definition) is 2. The van der Waals surface area contributed by atoms with Crippen molar-refractivity contribution < 1.29 is 9.84 Å². The lowest BCUT2D eigenvalue weighted by molar-refractivity contribution is 0.305. The highest BCUT2D eigenvalue weighted by molar-refractivity contribution is 9.10. The number of halogens is 1. The van der Waals surface area contributed by atoms with E-state index in [1.165, 1.54) is 38.7 Å². The van der Waals surface area contributed by atoms with Crippen LogP contribution < -0.4 is 4.74 Å². The lowest BCUT2D eigenvalue weighted by atomic mass is 9.69. The average molecular weight is 581 g/mol. The highest BCUT2D eigenvalue weighted by Crippen LogP contribution is 2.47. The number of nitrogens with one attached hydrogen (secondary N) is 1. The smallest absolute Gasteiger partial charge is 0.119 e. The molecule has 1 aliphatic rings. The van der Waals surface area contributed by atoms with E-state index >= 15 is 0 Å². The van der Waals surface area contributed by atoms with Gasteiger partial charge in [0.25, 0.3) is 0 Å². The van der Waals surface area contributed by atoms with Crippen molar-refractivity contribution in [1.29, 1.82) is 0 Å². The number of hydrogen-bond donors (Lipinski definition) is 2. The summed E-state index contributed by atoms with van der Waals surface area (Å²) in [6.45, 7) is 0.733. The molecule has 0 aliphatic heterocycles. The Morgan fingerprint density at radius 3 is 2.54 bits per heavy atom. The zero-order chi connectivity index (χ0) is 26.6. The van der Waals surface area contributed by atoms with E-state index in [1.807, 2.05) is 12.1 Å². The number of H-pyrrole nitrogens is 1. The molecule has 0 fully saturated rings. The van der Waals surface area contributed by atoms with Crippen LogP contribution in [0.25, 0.3) is 10.9 Å². The van der Waals surface area contributed by atoms with Crippen molar-refractivity contribution in [3.8, 4) is 11.5 Å². The van der Waals surface area contributed by atoms with E-state index in [9.17, 15) is 5.11 Å². The Morgan fingerprint density at radius 1 is 0.846 bits per heavy atom. The van der Waals surface area contributed by atoms with Crippen LogP contribution in [0.4, 0.5) is 0 Å². The molecule has 1 aliphatic carbocycles. The minimum atomic E-state index is 0.260. The number of ether oxygens (including phenoxy) is 1. The second-order valence-electron chi connectivity index (χ2n) is 10.6. The molecule has 0 amide bonds. The van der Waals surface area contributed by atoms with Gasteiger partial charge >= 0.3 is 0 Å². The Balaban J connectivity index is 1.07. The maximum Gasteiger partial charge on any atom is 0.119 e. The number of phenols is 1. The van der Waals surface area contributed by atoms with E-state index in [0.29, 0.717) is 11.7 Å². The van der Waals surface area contributed by atoms with E-state index < -0.39 is 0 Å². The third kappa shape index (κ3) is 5.77. The molecule has 6 rings (SSSR count). The molecule has 4 aromatic carbocycles. The summed E-state index contributed by atoms with van der Waals surface area (Å²) < 4.78 is 7.25. The molecule has 2 N–H and O–H groups in total. The number of phenolic OH excluding ortho intramolecular Hbond substituents is 1. The molecule has 39 heavy (non-hydrogen) atoms. The summed E-state index contributed by atoms with van der Waals surface area (Å²) in [7, 11) is 0. The Bertz CT molecular complexity index is 1540. The average Bonchev–Trinajstić information content (AvgIpc) is 3.37. The molecule has 0 radical (unpaired) electrons. The van der Waals surface area contributed by atoms with Crippen molar-refractivity contribution in [3.05, 3.63) is 129 Å². The standard InChI is InChI=1S/C35H34BrNO2/c36-28-13-19-34-33(22-28)27(23-37-34)9-5-2-6-20-39-30-15-10-25(11-16-30)35-31(24-7-3-1-4-8-24)17-12-26-21-29(38)14-18-32(26)35/h1,3-4,7-8,10-11,13-16,18-19,21-23,31,35,37-38H,2,5-6,9,12,17,20H2. The first-order chi connectivity index (χ1) is 19.2. The summed E-state index contributed by atoms with van der Waals surface area (Å²) in [6.07, 6.45) is 8.61. The zero-order valence-electron chi connectivity index (χ0n) is 22.1. The Morgan fingerprint density at radius 2 is 1.69 bits per heavy atom. The van der Waals surface area contributed by atoms with E-state index in [2.05, 4.69) is 106 Å². The van der Waals surface area contributed by atoms with Crippen LogP contribution in [-0.4, -0.2) is 16.7 Å². The zero-order valence-corrected chi connectivity index (χ0v) is 23.7. The van der Waals surface area contributed by atoms with E-state index in [0.717, 1.165) is 55.4 Å². The number of aromatic hydroxyl groups is 1. The second kappa shape index (κ2) is 11.7. The van der Waals surface area contributed by atoms with Crippen molar-refractivity contribution in [3.63, 3.8) is 0 Å². The second-order valence-corrected chi connectivity index (χ2v) is 11.6. The number of aromatic nitrogens is 1. The van der Waals surface area contributed by atoms with Crippen molar-refractivity contribution in [2.45, 2.75) is 50.4 Å². The summed E-state index contributed by atoms with van der Waals surface area (Å²) in [5.41, 5.74) is 7.84. The topological polar surface area (TPSA) is 45.2 Å². The largest absolute Gasteiger partial charge is 0.508 e. The molecule has 2 unspecified atom stereocenters. The predicted octanol–water partition coefficient (Wildman–Crippen LogP) is 9.29. The Hall–Kier alpha value is -3.50. The molecule has 0 saturated carbocycles. The van der Waals surface area contributed by atoms with Gasteiger partial charge in [0.15, 0.2) is 0 Å². The van der Waals surface area contributed by atoms with Gasteiger partial charge in [0.1, 0.15) is 11.5 Å². The first kappa shape index (κ1) is 25.8. The molecular formula is C35H34BrNO2. The third-order valence-corrected chi connectivity index (χ3v) is 8.64. The predicted molar refractivity (Wildman–Crippen MR) is 163 cm³/mol. The highest BCUT2D eigenvalue weighted by atomic mass is 79.9. The molecule has 1 heterocycles. The summed E-state index contributed by atoms with van der Waals surface area (Å²) in [5, 5.41) is 11.4. The molecule has 0 bridgehead atoms. The third-order valence-electron chi connectivity index (χ3n) is 8.14. The van der Waals surface area contributed by atoms with Gasteiger partial charge in [-0.05, 0) is 115 Å². The molecule has 2 atom stereocenters. The maximum absolute atomic E-state index is 10.1. The van der Waals surface area contributed by atoms with Crippen LogP contribution in [0.3, 0.4) is 0 Å². The minimum Gasteiger partial charge on any atom is -0.508 e. The van der Waals surface area contributed by atoms with Crippen molar-refractivity contribution in [2.24, 2.45) is 0 Å². The maximum atomic E-state index is 10.1. The molecule has 0 spiro atoms. The summed E-state index contributed by atoms with van der Waals surface area (Å²) in [5.74, 6) is 1.95. The van der Waals surface area contributed by atoms with Gasteiger partial charge in [0, 0.05) is 27.5 Å². The fourth-order valence-corrected chi connectivity index (χ4v) is 6.55. The number of unbranched alkanes of at least 4 members (excludes halogenated alkanes) is 2. The van der Waals surface area contributed by atoms with Crippen molar-refractivity contribution in [1.82, 2.24) is 4.98 Å². The minimum absolute atomic E-state index is 0.260. The van der Waals surface area contributed by atoms with Gasteiger partial charge < -0.3 is 14.8 Å². The summed E-state index contributed by atoms with van der Waals surface area (Å²) in [6, 6.07) is 31.8. The van der Waals surface area contributed by atoms with Crippen molar-refractivity contribution in [2.75, 3.05) is 6.61 Å². The van der Waals surface area contributed by atoms with Crippen LogP contribution in [0, 0.1) is 0 Å². The molecule has 3 nitrogen and oxygen atoms in total. The highest BCUT2D eigenvalue weighted by Gasteiger charge is 2.32. The van der Waals surface area contributed by atoms with Crippen molar-refractivity contribution >= 4 is 26.8 Å². The van der Waals surface area contributed by atoms with E-state index in [1.54, 1.807) is 0 Å². The van der Waals surface area contributed by atoms with Crippen LogP contribution in [0.1, 0.15) is 65.3 Å². The van der Waals surface area contributed by atoms with Gasteiger partial charge in [0.2, 0.25) is 0 Å². The number of aromatic amines is 1. The monoisotopic (exact) mass is 579 g/mol. The molecule has 4 heteroatoms. The Kier molecular flexibility index (Phi) is 7.74. The van der Waals surface area contributed by atoms with E-state index in [4.69, 9.17) is 4.74 Å². The quantitative estimate of drug-likeness (QED) is 0.171. The molecule has 0 saturated heterocycles. The lowest BCUT2D eigenvalue weighted by Gasteiger charge is -2.34. The molecule has 198 valence electrons. The van der Waals surface area contributed by atoms with Gasteiger partial charge in [-0.25, -0.2) is 0 Å². The molecular weight excluding hydrogens is 546 g/mol. The lowest BCUT2D eigenvalue weighted by Crippen LogP contribution is -2.20. The number of fused-ring (bicyclic) bond motifs is 2. The fourth-order valence-electron chi connectivity index (χ4n) is 6.19. The SMILES string of the molecule is Oc1ccc2c(c1)CCC(c1ccccc1)C2c1ccc(OCCCCCc2c[nH]c3ccc(Br)cc23)cc1. The fraction of sp³-hybridized carbons (Fsp3) is 0.257. The van der Waals surface area contributed by atoms with Crippen LogP contribution in [0.2, 0.25) is 0 Å². The van der Waals surface area contributed by atoms with Crippen LogP contribution in [0.5, 0.6) is 11.5 Å². The van der Waals surface area contributed by atoms with E-state index in [-0.39, 0.29) is 5.92 Å². The van der Waals surface area contributed by atoms with Crippen LogP contribution in [-0.2, 0) is 12.8 Å². The first-order valence-electron chi connectivity index (χ1n) is 14.0. The normalized spacial score (nSPS) is 16.7. The number of aryl methyl sites for hydroxylation is 2. The number of rotatable bonds is 9. The summed E-state index contributed by atoms with van der Waals surface area (Å²) in [4.78, 5) is 3.38.